The van der Waals surface area contributed by atoms with Gasteiger partial charge in [0.15, 0.2) is 6.61 Å². The molecule has 0 aliphatic carbocycles. The molecule has 2 saturated heterocycles. The largest absolute Gasteiger partial charge is 0.484 e. The van der Waals surface area contributed by atoms with Crippen LogP contribution in [0.3, 0.4) is 0 Å². The first-order valence-corrected chi connectivity index (χ1v) is 7.73. The first-order valence-electron chi connectivity index (χ1n) is 7.73. The molecule has 2 fully saturated rings. The van der Waals surface area contributed by atoms with Crippen molar-refractivity contribution < 1.29 is 14.3 Å². The van der Waals surface area contributed by atoms with E-state index < -0.39 is 0 Å². The van der Waals surface area contributed by atoms with Gasteiger partial charge in [-0.15, -0.1) is 0 Å². The van der Waals surface area contributed by atoms with E-state index in [-0.39, 0.29) is 18.4 Å². The van der Waals surface area contributed by atoms with E-state index in [4.69, 9.17) is 4.74 Å². The Bertz CT molecular complexity index is 540. The maximum absolute atomic E-state index is 11.7. The first kappa shape index (κ1) is 14.8. The van der Waals surface area contributed by atoms with Crippen molar-refractivity contribution in [3.63, 3.8) is 0 Å². The normalized spacial score (nSPS) is 18.2. The highest BCUT2D eigenvalue weighted by Crippen LogP contribution is 2.23. The molecule has 118 valence electrons. The summed E-state index contributed by atoms with van der Waals surface area (Å²) in [5.41, 5.74) is 0.886. The number of carbonyl (C=O) groups is 2. The van der Waals surface area contributed by atoms with Gasteiger partial charge in [-0.2, -0.15) is 0 Å². The Kier molecular flexibility index (Phi) is 4.58. The Morgan fingerprint density at radius 1 is 1.32 bits per heavy atom. The fraction of sp³-hybridized carbons (Fsp3) is 0.500. The molecule has 2 aliphatic rings. The van der Waals surface area contributed by atoms with E-state index >= 15 is 0 Å². The smallest absolute Gasteiger partial charge is 0.257 e. The van der Waals surface area contributed by atoms with Gasteiger partial charge in [0, 0.05) is 44.2 Å². The molecular formula is C16H21N3O3. The van der Waals surface area contributed by atoms with Crippen LogP contribution < -0.4 is 20.3 Å². The Balaban J connectivity index is 1.44. The van der Waals surface area contributed by atoms with Crippen molar-refractivity contribution in [2.45, 2.75) is 12.8 Å². The first-order chi connectivity index (χ1) is 10.7. The Morgan fingerprint density at radius 3 is 2.68 bits per heavy atom. The topological polar surface area (TPSA) is 70.7 Å². The van der Waals surface area contributed by atoms with Gasteiger partial charge in [0.25, 0.3) is 5.91 Å². The van der Waals surface area contributed by atoms with Gasteiger partial charge in [0.2, 0.25) is 5.91 Å². The number of rotatable bonds is 6. The highest BCUT2D eigenvalue weighted by Gasteiger charge is 2.21. The number of hydrogen-bond acceptors (Lipinski definition) is 4. The van der Waals surface area contributed by atoms with Crippen molar-refractivity contribution in [1.29, 1.82) is 0 Å². The lowest BCUT2D eigenvalue weighted by molar-refractivity contribution is -0.123. The zero-order valence-electron chi connectivity index (χ0n) is 12.5. The number of nitrogens with zero attached hydrogens (tertiary/aromatic N) is 1. The van der Waals surface area contributed by atoms with Crippen LogP contribution in [0.4, 0.5) is 5.69 Å². The Morgan fingerprint density at radius 2 is 2.09 bits per heavy atom. The van der Waals surface area contributed by atoms with Crippen LogP contribution in [0.2, 0.25) is 0 Å². The van der Waals surface area contributed by atoms with Crippen LogP contribution >= 0.6 is 0 Å². The predicted molar refractivity (Wildman–Crippen MR) is 82.9 cm³/mol. The van der Waals surface area contributed by atoms with Crippen molar-refractivity contribution in [2.75, 3.05) is 37.7 Å². The van der Waals surface area contributed by atoms with Gasteiger partial charge in [-0.3, -0.25) is 9.59 Å². The Labute approximate surface area is 129 Å². The molecule has 6 nitrogen and oxygen atoms in total. The van der Waals surface area contributed by atoms with Gasteiger partial charge >= 0.3 is 0 Å². The lowest BCUT2D eigenvalue weighted by Crippen LogP contribution is -2.48. The number of hydrogen-bond donors (Lipinski definition) is 2. The van der Waals surface area contributed by atoms with Crippen molar-refractivity contribution >= 4 is 17.5 Å². The summed E-state index contributed by atoms with van der Waals surface area (Å²) in [7, 11) is 0. The molecule has 0 atom stereocenters. The fourth-order valence-electron chi connectivity index (χ4n) is 2.59. The molecule has 22 heavy (non-hydrogen) atoms. The molecule has 2 heterocycles. The van der Waals surface area contributed by atoms with Crippen LogP contribution in [0.25, 0.3) is 0 Å². The fourth-order valence-corrected chi connectivity index (χ4v) is 2.59. The van der Waals surface area contributed by atoms with Crippen molar-refractivity contribution in [3.05, 3.63) is 24.3 Å². The molecule has 0 bridgehead atoms. The van der Waals surface area contributed by atoms with Crippen molar-refractivity contribution in [3.8, 4) is 5.75 Å². The van der Waals surface area contributed by atoms with Crippen LogP contribution in [0.15, 0.2) is 24.3 Å². The quantitative estimate of drug-likeness (QED) is 0.804. The van der Waals surface area contributed by atoms with Crippen molar-refractivity contribution in [1.82, 2.24) is 10.6 Å². The molecular weight excluding hydrogens is 282 g/mol. The molecule has 0 aromatic heterocycles. The third-order valence-corrected chi connectivity index (χ3v) is 4.05. The molecule has 2 aliphatic heterocycles. The molecule has 0 radical (unpaired) electrons. The molecule has 2 amide bonds. The van der Waals surface area contributed by atoms with E-state index in [0.29, 0.717) is 24.6 Å². The maximum atomic E-state index is 11.7. The van der Waals surface area contributed by atoms with Crippen molar-refractivity contribution in [2.24, 2.45) is 5.92 Å². The summed E-state index contributed by atoms with van der Waals surface area (Å²) in [6, 6.07) is 7.31. The number of ether oxygens (including phenoxy) is 1. The average Bonchev–Trinajstić information content (AvgIpc) is 2.90. The summed E-state index contributed by atoms with van der Waals surface area (Å²) in [6.45, 7) is 3.43. The van der Waals surface area contributed by atoms with Crippen LogP contribution in [-0.2, 0) is 9.59 Å². The lowest BCUT2D eigenvalue weighted by Gasteiger charge is -2.27. The Hall–Kier alpha value is -2.08. The van der Waals surface area contributed by atoms with Crippen LogP contribution in [0.5, 0.6) is 5.75 Å². The van der Waals surface area contributed by atoms with Gasteiger partial charge < -0.3 is 20.3 Å². The molecule has 1 aromatic carbocycles. The molecule has 6 heteroatoms. The molecule has 2 N–H and O–H groups in total. The molecule has 1 aromatic rings. The number of amides is 2. The van der Waals surface area contributed by atoms with Crippen LogP contribution in [0, 0.1) is 5.92 Å². The van der Waals surface area contributed by atoms with Gasteiger partial charge in [0.1, 0.15) is 5.75 Å². The third-order valence-electron chi connectivity index (χ3n) is 4.05. The summed E-state index contributed by atoms with van der Waals surface area (Å²) >= 11 is 0. The summed E-state index contributed by atoms with van der Waals surface area (Å²) in [4.78, 5) is 25.1. The zero-order chi connectivity index (χ0) is 15.4. The van der Waals surface area contributed by atoms with Crippen LogP contribution in [-0.4, -0.2) is 44.6 Å². The van der Waals surface area contributed by atoms with E-state index in [1.54, 1.807) is 17.0 Å². The summed E-state index contributed by atoms with van der Waals surface area (Å²) in [5, 5.41) is 6.02. The number of carbonyl (C=O) groups excluding carboxylic acids is 2. The van der Waals surface area contributed by atoms with E-state index in [9.17, 15) is 9.59 Å². The number of anilines is 1. The zero-order valence-corrected chi connectivity index (χ0v) is 12.5. The molecule has 0 saturated carbocycles. The SMILES string of the molecule is O=C(COc1ccc(N2CCCC2=O)cc1)NCC1CNC1. The van der Waals surface area contributed by atoms with Gasteiger partial charge in [-0.05, 0) is 30.7 Å². The number of benzene rings is 1. The third kappa shape index (κ3) is 3.57. The van der Waals surface area contributed by atoms with E-state index in [2.05, 4.69) is 10.6 Å². The van der Waals surface area contributed by atoms with Gasteiger partial charge in [-0.1, -0.05) is 0 Å². The molecule has 0 spiro atoms. The molecule has 0 unspecified atom stereocenters. The minimum absolute atomic E-state index is 0.0160. The monoisotopic (exact) mass is 303 g/mol. The highest BCUT2D eigenvalue weighted by molar-refractivity contribution is 5.95. The van der Waals surface area contributed by atoms with Gasteiger partial charge in [0.05, 0.1) is 0 Å². The second-order valence-electron chi connectivity index (χ2n) is 5.76. The minimum Gasteiger partial charge on any atom is -0.484 e. The minimum atomic E-state index is -0.106. The maximum Gasteiger partial charge on any atom is 0.257 e. The molecule has 3 rings (SSSR count). The predicted octanol–water partition coefficient (Wildman–Crippen LogP) is 0.528. The highest BCUT2D eigenvalue weighted by atomic mass is 16.5. The second kappa shape index (κ2) is 6.79. The summed E-state index contributed by atoms with van der Waals surface area (Å²) < 4.78 is 5.47. The lowest BCUT2D eigenvalue weighted by atomic mass is 10.0. The standard InChI is InChI=1S/C16H21N3O3/c20-15(18-10-12-8-17-9-12)11-22-14-5-3-13(4-6-14)19-7-1-2-16(19)21/h3-6,12,17H,1-2,7-11H2,(H,18,20). The summed E-state index contributed by atoms with van der Waals surface area (Å²) in [5.74, 6) is 1.24. The van der Waals surface area contributed by atoms with E-state index in [1.807, 2.05) is 12.1 Å². The average molecular weight is 303 g/mol. The summed E-state index contributed by atoms with van der Waals surface area (Å²) in [6.07, 6.45) is 1.53. The van der Waals surface area contributed by atoms with Gasteiger partial charge in [-0.25, -0.2) is 0 Å². The van der Waals surface area contributed by atoms with E-state index in [1.165, 1.54) is 0 Å². The van der Waals surface area contributed by atoms with Crippen LogP contribution in [0.1, 0.15) is 12.8 Å². The number of nitrogens with one attached hydrogen (secondary N) is 2. The second-order valence-corrected chi connectivity index (χ2v) is 5.76. The van der Waals surface area contributed by atoms with E-state index in [0.717, 1.165) is 31.7 Å².